The van der Waals surface area contributed by atoms with Gasteiger partial charge in [0.2, 0.25) is 0 Å². The van der Waals surface area contributed by atoms with Gasteiger partial charge < -0.3 is 0 Å². The Hall–Kier alpha value is -3.56. The van der Waals surface area contributed by atoms with E-state index in [4.69, 9.17) is 11.6 Å². The lowest BCUT2D eigenvalue weighted by atomic mass is 10.1. The van der Waals surface area contributed by atoms with Gasteiger partial charge in [-0.05, 0) is 37.6 Å². The van der Waals surface area contributed by atoms with Crippen LogP contribution in [0.2, 0.25) is 5.02 Å². The fourth-order valence-electron chi connectivity index (χ4n) is 3.47. The Labute approximate surface area is 190 Å². The van der Waals surface area contributed by atoms with Gasteiger partial charge in [0.05, 0.1) is 22.5 Å². The fraction of sp³-hybridized carbons (Fsp3) is 0.136. The van der Waals surface area contributed by atoms with E-state index in [1.165, 1.54) is 46.2 Å². The molecule has 0 aliphatic rings. The van der Waals surface area contributed by atoms with Crippen LogP contribution in [0, 0.1) is 24.0 Å². The van der Waals surface area contributed by atoms with Crippen molar-refractivity contribution in [2.45, 2.75) is 20.4 Å². The molecule has 0 bridgehead atoms. The van der Waals surface area contributed by atoms with Gasteiger partial charge in [0.15, 0.2) is 5.78 Å². The van der Waals surface area contributed by atoms with E-state index >= 15 is 0 Å². The van der Waals surface area contributed by atoms with Crippen molar-refractivity contribution in [3.05, 3.63) is 101 Å². The number of Topliss-reactive ketones (excluding diaryl/α,β-unsaturated/α-hetero) is 1. The molecule has 2 heterocycles. The highest BCUT2D eigenvalue weighted by Gasteiger charge is 2.22. The summed E-state index contributed by atoms with van der Waals surface area (Å²) in [4.78, 5) is 51.4. The molecule has 2 aromatic carbocycles. The van der Waals surface area contributed by atoms with E-state index in [9.17, 15) is 24.5 Å². The van der Waals surface area contributed by atoms with Crippen LogP contribution < -0.4 is 11.2 Å². The zero-order valence-electron chi connectivity index (χ0n) is 17.0. The first-order valence-corrected chi connectivity index (χ1v) is 10.7. The third kappa shape index (κ3) is 3.65. The van der Waals surface area contributed by atoms with Crippen LogP contribution >= 0.6 is 22.9 Å². The third-order valence-corrected chi connectivity index (χ3v) is 6.66. The molecule has 8 nitrogen and oxygen atoms in total. The molecule has 162 valence electrons. The zero-order chi connectivity index (χ0) is 23.2. The number of nitrogens with zero attached hydrogens (tertiary/aromatic N) is 3. The Kier molecular flexibility index (Phi) is 5.53. The van der Waals surface area contributed by atoms with Crippen molar-refractivity contribution < 1.29 is 9.72 Å². The molecule has 0 radical (unpaired) electrons. The number of aromatic nitrogens is 2. The number of carbonyl (C=O) groups is 1. The van der Waals surface area contributed by atoms with E-state index in [1.807, 2.05) is 6.92 Å². The highest BCUT2D eigenvalue weighted by atomic mass is 35.5. The minimum absolute atomic E-state index is 0.102. The van der Waals surface area contributed by atoms with Crippen molar-refractivity contribution in [1.82, 2.24) is 9.13 Å². The number of hydrogen-bond donors (Lipinski definition) is 0. The van der Waals surface area contributed by atoms with Gasteiger partial charge in [0.1, 0.15) is 4.83 Å². The molecule has 2 aromatic heterocycles. The van der Waals surface area contributed by atoms with Gasteiger partial charge >= 0.3 is 5.69 Å². The molecular formula is C22H16ClN3O5S. The predicted octanol–water partition coefficient (Wildman–Crippen LogP) is 4.28. The second-order valence-electron chi connectivity index (χ2n) is 7.18. The smallest absolute Gasteiger partial charge is 0.292 e. The zero-order valence-corrected chi connectivity index (χ0v) is 18.6. The molecule has 0 aliphatic heterocycles. The second-order valence-corrected chi connectivity index (χ2v) is 8.82. The molecule has 4 rings (SSSR count). The number of thiophene rings is 1. The average molecular weight is 470 g/mol. The highest BCUT2D eigenvalue weighted by Crippen LogP contribution is 2.27. The van der Waals surface area contributed by atoms with E-state index in [2.05, 4.69) is 0 Å². The third-order valence-electron chi connectivity index (χ3n) is 5.20. The monoisotopic (exact) mass is 469 g/mol. The van der Waals surface area contributed by atoms with Crippen molar-refractivity contribution in [2.75, 3.05) is 0 Å². The lowest BCUT2D eigenvalue weighted by Crippen LogP contribution is -2.39. The molecule has 32 heavy (non-hydrogen) atoms. The number of aryl methyl sites for hydroxylation is 2. The lowest BCUT2D eigenvalue weighted by molar-refractivity contribution is -0.384. The van der Waals surface area contributed by atoms with E-state index in [0.717, 1.165) is 15.0 Å². The van der Waals surface area contributed by atoms with Gasteiger partial charge in [-0.15, -0.1) is 11.3 Å². The molecule has 0 fully saturated rings. The fourth-order valence-corrected chi connectivity index (χ4v) is 4.79. The first kappa shape index (κ1) is 21.7. The minimum atomic E-state index is -0.690. The maximum atomic E-state index is 13.4. The summed E-state index contributed by atoms with van der Waals surface area (Å²) in [6, 6.07) is 11.6. The van der Waals surface area contributed by atoms with Crippen LogP contribution in [0.5, 0.6) is 0 Å². The van der Waals surface area contributed by atoms with Crippen LogP contribution in [0.1, 0.15) is 20.8 Å². The van der Waals surface area contributed by atoms with E-state index in [1.54, 1.807) is 25.1 Å². The molecular weight excluding hydrogens is 454 g/mol. The number of carbonyl (C=O) groups excluding carboxylic acids is 1. The summed E-state index contributed by atoms with van der Waals surface area (Å²) in [5.74, 6) is -0.489. The highest BCUT2D eigenvalue weighted by molar-refractivity contribution is 7.18. The van der Waals surface area contributed by atoms with E-state index in [-0.39, 0.29) is 23.5 Å². The standard InChI is InChI=1S/C22H16ClN3O5S/c1-12-13(2)32-21-19(12)20(28)25(16-7-4-6-15(23)10-16)22(29)24(21)11-18(27)14-5-3-8-17(9-14)26(30)31/h3-10H,11H2,1-2H3. The molecule has 0 saturated heterocycles. The van der Waals surface area contributed by atoms with Gasteiger partial charge in [0, 0.05) is 27.6 Å². The lowest BCUT2D eigenvalue weighted by Gasteiger charge is -2.12. The second kappa shape index (κ2) is 8.18. The van der Waals surface area contributed by atoms with Crippen molar-refractivity contribution in [3.8, 4) is 5.69 Å². The first-order valence-electron chi connectivity index (χ1n) is 9.48. The molecule has 0 aliphatic carbocycles. The summed E-state index contributed by atoms with van der Waals surface area (Å²) in [6.07, 6.45) is 0. The Morgan fingerprint density at radius 2 is 1.84 bits per heavy atom. The molecule has 0 unspecified atom stereocenters. The number of benzene rings is 2. The average Bonchev–Trinajstić information content (AvgIpc) is 3.05. The number of fused-ring (bicyclic) bond motifs is 1. The van der Waals surface area contributed by atoms with Gasteiger partial charge in [-0.2, -0.15) is 0 Å². The number of rotatable bonds is 5. The number of nitro benzene ring substituents is 1. The SMILES string of the molecule is Cc1sc2c(c1C)c(=O)n(-c1cccc(Cl)c1)c(=O)n2CC(=O)c1cccc([N+](=O)[O-])c1. The maximum Gasteiger partial charge on any atom is 0.337 e. The van der Waals surface area contributed by atoms with E-state index < -0.39 is 22.0 Å². The van der Waals surface area contributed by atoms with Gasteiger partial charge in [-0.3, -0.25) is 24.3 Å². The summed E-state index contributed by atoms with van der Waals surface area (Å²) >= 11 is 7.32. The van der Waals surface area contributed by atoms with Gasteiger partial charge in [0.25, 0.3) is 11.2 Å². The van der Waals surface area contributed by atoms with Crippen molar-refractivity contribution in [1.29, 1.82) is 0 Å². The Morgan fingerprint density at radius 1 is 1.12 bits per heavy atom. The number of nitro groups is 1. The Bertz CT molecular complexity index is 1530. The Balaban J connectivity index is 1.95. The molecule has 0 atom stereocenters. The Morgan fingerprint density at radius 3 is 2.53 bits per heavy atom. The molecule has 10 heteroatoms. The molecule has 0 amide bonds. The topological polar surface area (TPSA) is 104 Å². The maximum absolute atomic E-state index is 13.4. The summed E-state index contributed by atoms with van der Waals surface area (Å²) in [7, 11) is 0. The van der Waals surface area contributed by atoms with Gasteiger partial charge in [-0.25, -0.2) is 9.36 Å². The molecule has 0 N–H and O–H groups in total. The van der Waals surface area contributed by atoms with Crippen molar-refractivity contribution in [3.63, 3.8) is 0 Å². The van der Waals surface area contributed by atoms with Crippen molar-refractivity contribution >= 4 is 44.6 Å². The van der Waals surface area contributed by atoms with Crippen LogP contribution in [-0.4, -0.2) is 19.8 Å². The van der Waals surface area contributed by atoms with Crippen LogP contribution in [0.4, 0.5) is 5.69 Å². The first-order chi connectivity index (χ1) is 15.2. The van der Waals surface area contributed by atoms with Crippen molar-refractivity contribution in [2.24, 2.45) is 0 Å². The normalized spacial score (nSPS) is 11.1. The summed E-state index contributed by atoms with van der Waals surface area (Å²) in [5.41, 5.74) is -0.292. The number of hydrogen-bond acceptors (Lipinski definition) is 6. The minimum Gasteiger partial charge on any atom is -0.292 e. The van der Waals surface area contributed by atoms with Crippen LogP contribution in [0.3, 0.4) is 0 Å². The summed E-state index contributed by atoms with van der Waals surface area (Å²) in [5, 5.41) is 11.8. The van der Waals surface area contributed by atoms with Crippen LogP contribution in [0.15, 0.2) is 58.1 Å². The quantitative estimate of drug-likeness (QED) is 0.246. The van der Waals surface area contributed by atoms with Crippen LogP contribution in [-0.2, 0) is 6.54 Å². The summed E-state index contributed by atoms with van der Waals surface area (Å²) in [6.45, 7) is 3.24. The largest absolute Gasteiger partial charge is 0.337 e. The predicted molar refractivity (Wildman–Crippen MR) is 124 cm³/mol. The number of halogens is 1. The molecule has 4 aromatic rings. The molecule has 0 spiro atoms. The van der Waals surface area contributed by atoms with E-state index in [0.29, 0.717) is 15.2 Å². The van der Waals surface area contributed by atoms with Gasteiger partial charge in [-0.1, -0.05) is 29.8 Å². The number of ketones is 1. The summed E-state index contributed by atoms with van der Waals surface area (Å²) < 4.78 is 2.23. The number of non-ortho nitro benzene ring substituents is 1. The molecule has 0 saturated carbocycles. The van der Waals surface area contributed by atoms with Crippen LogP contribution in [0.25, 0.3) is 15.9 Å².